The Hall–Kier alpha value is -1.24. The van der Waals surface area contributed by atoms with Gasteiger partial charge in [-0.05, 0) is 0 Å². The maximum atomic E-state index is 3.35. The number of fused-ring (bicyclic) bond motifs is 6. The summed E-state index contributed by atoms with van der Waals surface area (Å²) in [5.41, 5.74) is 0. The summed E-state index contributed by atoms with van der Waals surface area (Å²) < 4.78 is 0. The Bertz CT molecular complexity index is 657. The second-order valence-corrected chi connectivity index (χ2v) is 4.46. The van der Waals surface area contributed by atoms with E-state index in [2.05, 4.69) is 48.5 Å². The molecule has 4 rings (SSSR count). The molecule has 0 aliphatic heterocycles. The Morgan fingerprint density at radius 3 is 1.42 bits per heavy atom. The zero-order valence-corrected chi connectivity index (χ0v) is 13.2. The van der Waals surface area contributed by atoms with Gasteiger partial charge in [-0.2, -0.15) is 24.3 Å². The van der Waals surface area contributed by atoms with Crippen LogP contribution in [0, 0.1) is 12.1 Å². The minimum absolute atomic E-state index is 0. The molecule has 0 N–H and O–H groups in total. The Balaban J connectivity index is 0.00000110. The van der Waals surface area contributed by atoms with Gasteiger partial charge in [0, 0.05) is 32.7 Å². The van der Waals surface area contributed by atoms with E-state index in [-0.39, 0.29) is 32.7 Å². The molecule has 19 heavy (non-hydrogen) atoms. The molecule has 0 fully saturated rings. The van der Waals surface area contributed by atoms with E-state index in [1.54, 1.807) is 0 Å². The average Bonchev–Trinajstić information content (AvgIpc) is 2.48. The normalized spacial score (nSPS) is 10.7. The molecule has 0 spiro atoms. The van der Waals surface area contributed by atoms with Gasteiger partial charge in [-0.3, -0.25) is 0 Å². The van der Waals surface area contributed by atoms with Crippen molar-refractivity contribution in [2.75, 3.05) is 0 Å². The van der Waals surface area contributed by atoms with Gasteiger partial charge in [0.1, 0.15) is 0 Å². The fourth-order valence-corrected chi connectivity index (χ4v) is 2.69. The van der Waals surface area contributed by atoms with Gasteiger partial charge in [0.2, 0.25) is 0 Å². The smallest absolute Gasteiger partial charge is 0 e. The van der Waals surface area contributed by atoms with Crippen molar-refractivity contribution in [1.29, 1.82) is 0 Å². The summed E-state index contributed by atoms with van der Waals surface area (Å²) in [6, 6.07) is 27.6. The molecule has 0 aliphatic carbocycles. The molecular formula is C18H10Y-2. The average molecular weight is 315 g/mol. The van der Waals surface area contributed by atoms with E-state index < -0.39 is 0 Å². The van der Waals surface area contributed by atoms with Gasteiger partial charge in [0.15, 0.2) is 0 Å². The van der Waals surface area contributed by atoms with Crippen LogP contribution >= 0.6 is 0 Å². The summed E-state index contributed by atoms with van der Waals surface area (Å²) in [4.78, 5) is 0. The van der Waals surface area contributed by atoms with Crippen LogP contribution in [-0.4, -0.2) is 0 Å². The molecule has 1 radical (unpaired) electrons. The van der Waals surface area contributed by atoms with Gasteiger partial charge >= 0.3 is 0 Å². The summed E-state index contributed by atoms with van der Waals surface area (Å²) in [5.74, 6) is 0. The summed E-state index contributed by atoms with van der Waals surface area (Å²) in [6.45, 7) is 0. The molecule has 0 saturated heterocycles. The largest absolute Gasteiger partial charge is 0.218 e. The van der Waals surface area contributed by atoms with E-state index in [4.69, 9.17) is 0 Å². The molecule has 0 unspecified atom stereocenters. The van der Waals surface area contributed by atoms with Crippen molar-refractivity contribution >= 4 is 32.3 Å². The summed E-state index contributed by atoms with van der Waals surface area (Å²) in [5, 5.41) is 7.40. The molecule has 0 aliphatic rings. The maximum Gasteiger partial charge on any atom is 0 e. The zero-order valence-electron chi connectivity index (χ0n) is 10.4. The minimum atomic E-state index is 0. The zero-order chi connectivity index (χ0) is 11.9. The topological polar surface area (TPSA) is 0 Å². The van der Waals surface area contributed by atoms with E-state index in [1.807, 2.05) is 24.3 Å². The number of hydrogen-bond acceptors (Lipinski definition) is 0. The van der Waals surface area contributed by atoms with Gasteiger partial charge < -0.3 is 0 Å². The van der Waals surface area contributed by atoms with Crippen molar-refractivity contribution in [2.24, 2.45) is 0 Å². The van der Waals surface area contributed by atoms with Gasteiger partial charge in [0.05, 0.1) is 0 Å². The van der Waals surface area contributed by atoms with Crippen molar-refractivity contribution in [2.45, 2.75) is 0 Å². The van der Waals surface area contributed by atoms with E-state index in [0.717, 1.165) is 10.8 Å². The Morgan fingerprint density at radius 1 is 0.526 bits per heavy atom. The quantitative estimate of drug-likeness (QED) is 0.325. The fourth-order valence-electron chi connectivity index (χ4n) is 2.69. The maximum absolute atomic E-state index is 3.35. The molecule has 0 aromatic heterocycles. The van der Waals surface area contributed by atoms with Crippen LogP contribution in [0.5, 0.6) is 0 Å². The summed E-state index contributed by atoms with van der Waals surface area (Å²) >= 11 is 0. The third-order valence-electron chi connectivity index (χ3n) is 3.47. The van der Waals surface area contributed by atoms with Crippen LogP contribution in [0.15, 0.2) is 60.7 Å². The molecule has 0 amide bonds. The van der Waals surface area contributed by atoms with Crippen molar-refractivity contribution in [3.63, 3.8) is 0 Å². The third-order valence-corrected chi connectivity index (χ3v) is 3.47. The summed E-state index contributed by atoms with van der Waals surface area (Å²) in [7, 11) is 0. The Morgan fingerprint density at radius 2 is 0.947 bits per heavy atom. The molecule has 0 atom stereocenters. The molecule has 0 nitrogen and oxygen atoms in total. The van der Waals surface area contributed by atoms with Crippen LogP contribution in [-0.2, 0) is 32.7 Å². The van der Waals surface area contributed by atoms with Crippen LogP contribution in [0.2, 0.25) is 0 Å². The van der Waals surface area contributed by atoms with Crippen LogP contribution in [0.4, 0.5) is 0 Å². The Labute approximate surface area is 137 Å². The first-order chi connectivity index (χ1) is 8.95. The van der Waals surface area contributed by atoms with E-state index in [0.29, 0.717) is 0 Å². The van der Waals surface area contributed by atoms with E-state index in [1.165, 1.54) is 21.5 Å². The Kier molecular flexibility index (Phi) is 3.39. The molecule has 4 aromatic carbocycles. The van der Waals surface area contributed by atoms with Gasteiger partial charge in [0.25, 0.3) is 0 Å². The standard InChI is InChI=1S/C18H10.Y/c1-2-8-14-13(7-1)15-9-3-4-11-17(15)18-12-6-5-10-16(14)18;/h1-10H;/q-2;. The van der Waals surface area contributed by atoms with Gasteiger partial charge in [-0.1, -0.05) is 35.0 Å². The molecule has 1 heteroatoms. The molecule has 0 saturated carbocycles. The molecule has 87 valence electrons. The van der Waals surface area contributed by atoms with Gasteiger partial charge in [-0.15, -0.1) is 35.0 Å². The van der Waals surface area contributed by atoms with Crippen LogP contribution in [0.25, 0.3) is 32.3 Å². The SMILES string of the molecule is [Y].[c-]1cccc2c1c1[c-]cccc1c1ccccc21. The van der Waals surface area contributed by atoms with Gasteiger partial charge in [-0.25, -0.2) is 10.8 Å². The first-order valence-electron chi connectivity index (χ1n) is 6.07. The first kappa shape index (κ1) is 12.8. The predicted molar refractivity (Wildman–Crippen MR) is 76.6 cm³/mol. The monoisotopic (exact) mass is 315 g/mol. The van der Waals surface area contributed by atoms with Crippen LogP contribution in [0.3, 0.4) is 0 Å². The van der Waals surface area contributed by atoms with E-state index in [9.17, 15) is 0 Å². The van der Waals surface area contributed by atoms with Crippen molar-refractivity contribution < 1.29 is 32.7 Å². The van der Waals surface area contributed by atoms with E-state index >= 15 is 0 Å². The van der Waals surface area contributed by atoms with Crippen molar-refractivity contribution in [3.05, 3.63) is 72.8 Å². The fraction of sp³-hybridized carbons (Fsp3) is 0. The molecule has 0 bridgehead atoms. The summed E-state index contributed by atoms with van der Waals surface area (Å²) in [6.07, 6.45) is 0. The van der Waals surface area contributed by atoms with Crippen molar-refractivity contribution in [1.82, 2.24) is 0 Å². The molecular weight excluding hydrogens is 305 g/mol. The van der Waals surface area contributed by atoms with Crippen LogP contribution < -0.4 is 0 Å². The molecule has 4 aromatic rings. The first-order valence-corrected chi connectivity index (χ1v) is 6.07. The second-order valence-electron chi connectivity index (χ2n) is 4.46. The number of rotatable bonds is 0. The number of benzene rings is 4. The third kappa shape index (κ3) is 1.91. The van der Waals surface area contributed by atoms with Crippen molar-refractivity contribution in [3.8, 4) is 0 Å². The second kappa shape index (κ2) is 5.04. The molecule has 0 heterocycles. The minimum Gasteiger partial charge on any atom is -0.218 e. The number of hydrogen-bond donors (Lipinski definition) is 0. The van der Waals surface area contributed by atoms with Crippen LogP contribution in [0.1, 0.15) is 0 Å². The predicted octanol–water partition coefficient (Wildman–Crippen LogP) is 4.74.